The summed E-state index contributed by atoms with van der Waals surface area (Å²) in [7, 11) is 0. The van der Waals surface area contributed by atoms with E-state index in [2.05, 4.69) is 11.8 Å². The Morgan fingerprint density at radius 1 is 1.25 bits per heavy atom. The van der Waals surface area contributed by atoms with Gasteiger partial charge in [0.25, 0.3) is 0 Å². The van der Waals surface area contributed by atoms with Gasteiger partial charge < -0.3 is 19.5 Å². The lowest BCUT2D eigenvalue weighted by Crippen LogP contribution is -2.51. The van der Waals surface area contributed by atoms with E-state index in [0.29, 0.717) is 39.5 Å². The third-order valence-corrected chi connectivity index (χ3v) is 3.32. The number of nitrogens with zero attached hydrogens (tertiary/aromatic N) is 2. The number of unbranched alkanes of at least 4 members (excludes halogenated alkanes) is 1. The first kappa shape index (κ1) is 17.2. The largest absolute Gasteiger partial charge is 0.450 e. The first-order valence-electron chi connectivity index (χ1n) is 7.57. The number of carbonyl (C=O) groups is 1. The summed E-state index contributed by atoms with van der Waals surface area (Å²) in [5.74, 6) is 0. The fourth-order valence-electron chi connectivity index (χ4n) is 2.14. The third-order valence-electron chi connectivity index (χ3n) is 3.32. The van der Waals surface area contributed by atoms with E-state index in [1.807, 2.05) is 6.92 Å². The van der Waals surface area contributed by atoms with Gasteiger partial charge >= 0.3 is 6.09 Å². The predicted molar refractivity (Wildman–Crippen MR) is 76.8 cm³/mol. The molecule has 1 saturated heterocycles. The Morgan fingerprint density at radius 2 is 1.95 bits per heavy atom. The van der Waals surface area contributed by atoms with Gasteiger partial charge in [-0.2, -0.15) is 0 Å². The van der Waals surface area contributed by atoms with Crippen LogP contribution in [0.3, 0.4) is 0 Å². The van der Waals surface area contributed by atoms with Crippen molar-refractivity contribution in [3.63, 3.8) is 0 Å². The summed E-state index contributed by atoms with van der Waals surface area (Å²) in [6.45, 7) is 8.88. The fourth-order valence-corrected chi connectivity index (χ4v) is 2.14. The Kier molecular flexibility index (Phi) is 8.57. The molecule has 0 unspecified atom stereocenters. The van der Waals surface area contributed by atoms with Gasteiger partial charge in [0.15, 0.2) is 0 Å². The molecule has 6 heteroatoms. The zero-order valence-corrected chi connectivity index (χ0v) is 12.7. The van der Waals surface area contributed by atoms with Gasteiger partial charge in [0.1, 0.15) is 0 Å². The summed E-state index contributed by atoms with van der Waals surface area (Å²) >= 11 is 0. The van der Waals surface area contributed by atoms with Crippen LogP contribution in [0.15, 0.2) is 0 Å². The van der Waals surface area contributed by atoms with E-state index in [1.54, 1.807) is 4.90 Å². The average Bonchev–Trinajstić information content (AvgIpc) is 2.45. The van der Waals surface area contributed by atoms with Gasteiger partial charge in [-0.1, -0.05) is 13.3 Å². The number of ether oxygens (including phenoxy) is 2. The zero-order valence-electron chi connectivity index (χ0n) is 12.7. The van der Waals surface area contributed by atoms with E-state index < -0.39 is 6.10 Å². The molecule has 1 heterocycles. The maximum Gasteiger partial charge on any atom is 0.409 e. The van der Waals surface area contributed by atoms with Gasteiger partial charge in [0, 0.05) is 39.3 Å². The molecule has 1 amide bonds. The minimum absolute atomic E-state index is 0.240. The second-order valence-corrected chi connectivity index (χ2v) is 5.07. The number of carbonyl (C=O) groups excluding carboxylic acids is 1. The summed E-state index contributed by atoms with van der Waals surface area (Å²) in [6.07, 6.45) is 1.44. The van der Waals surface area contributed by atoms with Gasteiger partial charge in [-0.05, 0) is 13.3 Å². The average molecular weight is 288 g/mol. The highest BCUT2D eigenvalue weighted by Crippen LogP contribution is 2.05. The van der Waals surface area contributed by atoms with Crippen molar-refractivity contribution in [3.8, 4) is 0 Å². The number of aliphatic hydroxyl groups is 1. The molecule has 0 aromatic rings. The van der Waals surface area contributed by atoms with Crippen molar-refractivity contribution in [2.45, 2.75) is 32.8 Å². The van der Waals surface area contributed by atoms with Crippen LogP contribution in [-0.2, 0) is 9.47 Å². The Hall–Kier alpha value is -0.850. The van der Waals surface area contributed by atoms with Crippen LogP contribution in [0.1, 0.15) is 26.7 Å². The van der Waals surface area contributed by atoms with E-state index in [4.69, 9.17) is 9.47 Å². The molecule has 0 aromatic carbocycles. The van der Waals surface area contributed by atoms with E-state index in [-0.39, 0.29) is 6.09 Å². The van der Waals surface area contributed by atoms with Gasteiger partial charge in [-0.15, -0.1) is 0 Å². The lowest BCUT2D eigenvalue weighted by Gasteiger charge is -2.34. The molecule has 1 rings (SSSR count). The number of amides is 1. The lowest BCUT2D eigenvalue weighted by molar-refractivity contribution is 0.00605. The van der Waals surface area contributed by atoms with E-state index in [0.717, 1.165) is 25.9 Å². The van der Waals surface area contributed by atoms with E-state index >= 15 is 0 Å². The molecule has 118 valence electrons. The van der Waals surface area contributed by atoms with Crippen LogP contribution in [0.5, 0.6) is 0 Å². The highest BCUT2D eigenvalue weighted by Gasteiger charge is 2.23. The minimum Gasteiger partial charge on any atom is -0.450 e. The van der Waals surface area contributed by atoms with Crippen LogP contribution in [0, 0.1) is 0 Å². The van der Waals surface area contributed by atoms with Crippen molar-refractivity contribution >= 4 is 6.09 Å². The molecule has 1 N–H and O–H groups in total. The van der Waals surface area contributed by atoms with Crippen LogP contribution in [0.25, 0.3) is 0 Å². The molecule has 0 saturated carbocycles. The molecule has 0 bridgehead atoms. The summed E-state index contributed by atoms with van der Waals surface area (Å²) in [4.78, 5) is 15.4. The second kappa shape index (κ2) is 9.96. The lowest BCUT2D eigenvalue weighted by atomic mass is 10.2. The Balaban J connectivity index is 2.13. The van der Waals surface area contributed by atoms with Gasteiger partial charge in [0.2, 0.25) is 0 Å². The Bertz CT molecular complexity index is 268. The molecule has 6 nitrogen and oxygen atoms in total. The molecule has 20 heavy (non-hydrogen) atoms. The van der Waals surface area contributed by atoms with Crippen molar-refractivity contribution in [1.82, 2.24) is 9.80 Å². The van der Waals surface area contributed by atoms with Crippen molar-refractivity contribution in [2.24, 2.45) is 0 Å². The number of rotatable bonds is 8. The van der Waals surface area contributed by atoms with Crippen LogP contribution in [0.4, 0.5) is 4.79 Å². The van der Waals surface area contributed by atoms with Crippen LogP contribution in [-0.4, -0.2) is 79.6 Å². The Morgan fingerprint density at radius 3 is 2.55 bits per heavy atom. The molecule has 0 aromatic heterocycles. The molecule has 0 spiro atoms. The van der Waals surface area contributed by atoms with Crippen molar-refractivity contribution in [3.05, 3.63) is 0 Å². The summed E-state index contributed by atoms with van der Waals surface area (Å²) in [6, 6.07) is 0. The van der Waals surface area contributed by atoms with Crippen LogP contribution in [0.2, 0.25) is 0 Å². The van der Waals surface area contributed by atoms with Crippen molar-refractivity contribution in [1.29, 1.82) is 0 Å². The van der Waals surface area contributed by atoms with Gasteiger partial charge in [-0.25, -0.2) is 4.79 Å². The molecule has 1 atom stereocenters. The van der Waals surface area contributed by atoms with E-state index in [9.17, 15) is 9.90 Å². The van der Waals surface area contributed by atoms with Crippen molar-refractivity contribution < 1.29 is 19.4 Å². The monoisotopic (exact) mass is 288 g/mol. The third kappa shape index (κ3) is 6.54. The maximum absolute atomic E-state index is 11.5. The highest BCUT2D eigenvalue weighted by molar-refractivity contribution is 5.67. The quantitative estimate of drug-likeness (QED) is 0.674. The maximum atomic E-state index is 11.5. The number of hydrogen-bond donors (Lipinski definition) is 1. The smallest absolute Gasteiger partial charge is 0.409 e. The normalized spacial score (nSPS) is 18.1. The zero-order chi connectivity index (χ0) is 14.8. The highest BCUT2D eigenvalue weighted by atomic mass is 16.6. The SMILES string of the molecule is CCCCOC[C@@H](O)CN1CCN(C(=O)OCC)CC1. The van der Waals surface area contributed by atoms with E-state index in [1.165, 1.54) is 0 Å². The minimum atomic E-state index is -0.457. The van der Waals surface area contributed by atoms with Crippen molar-refractivity contribution in [2.75, 3.05) is 52.5 Å². The molecule has 0 aliphatic carbocycles. The number of aliphatic hydroxyl groups excluding tert-OH is 1. The van der Waals surface area contributed by atoms with Crippen LogP contribution < -0.4 is 0 Å². The second-order valence-electron chi connectivity index (χ2n) is 5.07. The standard InChI is InChI=1S/C14H28N2O4/c1-3-5-10-19-12-13(17)11-15-6-8-16(9-7-15)14(18)20-4-2/h13,17H,3-12H2,1-2H3/t13-/m0/s1. The first-order valence-corrected chi connectivity index (χ1v) is 7.57. The summed E-state index contributed by atoms with van der Waals surface area (Å²) in [5, 5.41) is 9.89. The molecule has 1 aliphatic rings. The van der Waals surface area contributed by atoms with Gasteiger partial charge in [0.05, 0.1) is 19.3 Å². The molecule has 1 aliphatic heterocycles. The molecular formula is C14H28N2O4. The number of β-amino-alcohol motifs (C(OH)–C–C–N with tert-alkyl or cyclic N) is 1. The summed E-state index contributed by atoms with van der Waals surface area (Å²) < 4.78 is 10.4. The topological polar surface area (TPSA) is 62.2 Å². The fraction of sp³-hybridized carbons (Fsp3) is 0.929. The first-order chi connectivity index (χ1) is 9.67. The van der Waals surface area contributed by atoms with Crippen LogP contribution >= 0.6 is 0 Å². The van der Waals surface area contributed by atoms with Gasteiger partial charge in [-0.3, -0.25) is 4.90 Å². The number of piperazine rings is 1. The molecule has 1 fully saturated rings. The predicted octanol–water partition coefficient (Wildman–Crippen LogP) is 0.938. The Labute approximate surface area is 121 Å². The molecule has 0 radical (unpaired) electrons. The summed E-state index contributed by atoms with van der Waals surface area (Å²) in [5.41, 5.74) is 0. The molecular weight excluding hydrogens is 260 g/mol. The number of hydrogen-bond acceptors (Lipinski definition) is 5.